The lowest BCUT2D eigenvalue weighted by atomic mass is 10.1. The van der Waals surface area contributed by atoms with Crippen molar-refractivity contribution >= 4 is 39.8 Å². The minimum Gasteiger partial charge on any atom is -0.444 e. The summed E-state index contributed by atoms with van der Waals surface area (Å²) < 4.78 is 9.60. The number of imidazole rings is 1. The number of nitrogens with zero attached hydrogens (tertiary/aromatic N) is 5. The van der Waals surface area contributed by atoms with Crippen LogP contribution in [0.25, 0.3) is 22.1 Å². The van der Waals surface area contributed by atoms with E-state index in [4.69, 9.17) is 16.3 Å². The quantitative estimate of drug-likeness (QED) is 0.323. The zero-order valence-corrected chi connectivity index (χ0v) is 23.6. The molecule has 0 bridgehead atoms. The first-order valence-electron chi connectivity index (χ1n) is 12.7. The molecule has 0 fully saturated rings. The minimum atomic E-state index is -0.709. The van der Waals surface area contributed by atoms with E-state index in [0.717, 1.165) is 21.0 Å². The fourth-order valence-corrected chi connectivity index (χ4v) is 4.98. The Kier molecular flexibility index (Phi) is 7.01. The number of H-pyrrole nitrogens is 1. The summed E-state index contributed by atoms with van der Waals surface area (Å²) in [5.74, 6) is 0.395. The Bertz CT molecular complexity index is 1840. The SMILES string of the molecule is Cn1c([C@@H](Cc2cccnc2)NC(=O)OC(C)(C)C)nc2c1c(=O)n(Cc1cc3c(Cl)cccc3[nH]1)c(=O)n2C. The van der Waals surface area contributed by atoms with Crippen molar-refractivity contribution in [3.8, 4) is 0 Å². The van der Waals surface area contributed by atoms with Gasteiger partial charge in [-0.25, -0.2) is 14.6 Å². The summed E-state index contributed by atoms with van der Waals surface area (Å²) in [6.07, 6.45) is 3.07. The predicted octanol–water partition coefficient (Wildman–Crippen LogP) is 3.82. The number of nitrogens with one attached hydrogen (secondary N) is 2. The van der Waals surface area contributed by atoms with Crippen LogP contribution in [0.4, 0.5) is 4.79 Å². The topological polar surface area (TPSA) is 129 Å². The van der Waals surface area contributed by atoms with Gasteiger partial charge >= 0.3 is 11.8 Å². The summed E-state index contributed by atoms with van der Waals surface area (Å²) in [6, 6.07) is 10.3. The molecule has 0 unspecified atom stereocenters. The summed E-state index contributed by atoms with van der Waals surface area (Å²) in [6.45, 7) is 5.34. The second kappa shape index (κ2) is 10.3. The Morgan fingerprint density at radius 3 is 2.60 bits per heavy atom. The maximum Gasteiger partial charge on any atom is 0.408 e. The van der Waals surface area contributed by atoms with Gasteiger partial charge in [-0.2, -0.15) is 0 Å². The highest BCUT2D eigenvalue weighted by molar-refractivity contribution is 6.35. The number of hydrogen-bond acceptors (Lipinski definition) is 6. The average Bonchev–Trinajstić information content (AvgIpc) is 3.46. The number of carbonyl (C=O) groups excluding carboxylic acids is 1. The van der Waals surface area contributed by atoms with Gasteiger partial charge < -0.3 is 19.6 Å². The van der Waals surface area contributed by atoms with Crippen molar-refractivity contribution in [3.05, 3.63) is 91.7 Å². The molecule has 2 N–H and O–H groups in total. The van der Waals surface area contributed by atoms with E-state index in [1.54, 1.807) is 64.0 Å². The molecule has 0 radical (unpaired) electrons. The number of rotatable bonds is 6. The van der Waals surface area contributed by atoms with Crippen molar-refractivity contribution in [1.82, 2.24) is 34.0 Å². The fourth-order valence-electron chi connectivity index (χ4n) is 4.75. The van der Waals surface area contributed by atoms with Crippen molar-refractivity contribution < 1.29 is 9.53 Å². The van der Waals surface area contributed by atoms with Crippen LogP contribution in [-0.2, 0) is 31.8 Å². The molecular weight excluding hydrogens is 534 g/mol. The van der Waals surface area contributed by atoms with Gasteiger partial charge in [-0.15, -0.1) is 0 Å². The first-order valence-corrected chi connectivity index (χ1v) is 13.1. The van der Waals surface area contributed by atoms with E-state index in [1.807, 2.05) is 24.3 Å². The number of hydrogen-bond donors (Lipinski definition) is 2. The van der Waals surface area contributed by atoms with E-state index in [2.05, 4.69) is 20.3 Å². The number of aromatic amines is 1. The maximum atomic E-state index is 13.7. The third kappa shape index (κ3) is 5.24. The highest BCUT2D eigenvalue weighted by Crippen LogP contribution is 2.25. The Hall–Kier alpha value is -4.38. The number of benzene rings is 1. The first kappa shape index (κ1) is 27.2. The van der Waals surface area contributed by atoms with Crippen molar-refractivity contribution in [3.63, 3.8) is 0 Å². The van der Waals surface area contributed by atoms with Gasteiger partial charge in [0.25, 0.3) is 5.56 Å². The molecular formula is C28H30ClN7O4. The molecule has 12 heteroatoms. The van der Waals surface area contributed by atoms with E-state index in [-0.39, 0.29) is 17.7 Å². The third-order valence-corrected chi connectivity index (χ3v) is 6.88. The molecule has 0 aliphatic carbocycles. The van der Waals surface area contributed by atoms with Gasteiger partial charge in [0.15, 0.2) is 11.2 Å². The Morgan fingerprint density at radius 2 is 1.93 bits per heavy atom. The number of aromatic nitrogens is 6. The summed E-state index contributed by atoms with van der Waals surface area (Å²) in [5.41, 5.74) is 1.03. The second-order valence-electron chi connectivity index (χ2n) is 10.7. The van der Waals surface area contributed by atoms with Crippen LogP contribution >= 0.6 is 11.6 Å². The van der Waals surface area contributed by atoms with Crippen LogP contribution in [0.3, 0.4) is 0 Å². The van der Waals surface area contributed by atoms with Gasteiger partial charge in [-0.3, -0.25) is 18.9 Å². The molecule has 1 atom stereocenters. The standard InChI is InChI=1S/C28H30ClN7O4/c1-28(2,3)40-26(38)32-21(12-16-8-7-11-30-14-16)23-33-24-22(34(23)4)25(37)36(27(39)35(24)5)15-17-13-18-19(29)9-6-10-20(18)31-17/h6-11,13-14,21,31H,12,15H2,1-5H3,(H,32,38)/t21-/m1/s1. The van der Waals surface area contributed by atoms with E-state index >= 15 is 0 Å². The molecule has 0 saturated heterocycles. The first-order chi connectivity index (χ1) is 18.9. The lowest BCUT2D eigenvalue weighted by molar-refractivity contribution is 0.0500. The largest absolute Gasteiger partial charge is 0.444 e. The van der Waals surface area contributed by atoms with Crippen LogP contribution in [0, 0.1) is 0 Å². The molecule has 40 heavy (non-hydrogen) atoms. The fraction of sp³-hybridized carbons (Fsp3) is 0.321. The zero-order chi connectivity index (χ0) is 28.8. The smallest absolute Gasteiger partial charge is 0.408 e. The summed E-state index contributed by atoms with van der Waals surface area (Å²) in [7, 11) is 3.26. The number of pyridine rings is 1. The maximum absolute atomic E-state index is 13.7. The normalized spacial score (nSPS) is 12.7. The van der Waals surface area contributed by atoms with Gasteiger partial charge in [0.2, 0.25) is 0 Å². The predicted molar refractivity (Wildman–Crippen MR) is 153 cm³/mol. The lowest BCUT2D eigenvalue weighted by Gasteiger charge is -2.23. The van der Waals surface area contributed by atoms with E-state index in [0.29, 0.717) is 23.0 Å². The lowest BCUT2D eigenvalue weighted by Crippen LogP contribution is -2.40. The summed E-state index contributed by atoms with van der Waals surface area (Å²) in [4.78, 5) is 51.9. The number of halogens is 1. The molecule has 5 rings (SSSR count). The molecule has 4 aromatic heterocycles. The van der Waals surface area contributed by atoms with Gasteiger partial charge in [0.05, 0.1) is 12.6 Å². The third-order valence-electron chi connectivity index (χ3n) is 6.56. The van der Waals surface area contributed by atoms with Crippen LogP contribution in [0.2, 0.25) is 5.02 Å². The van der Waals surface area contributed by atoms with Gasteiger partial charge in [0.1, 0.15) is 11.4 Å². The van der Waals surface area contributed by atoms with E-state index in [9.17, 15) is 14.4 Å². The summed E-state index contributed by atoms with van der Waals surface area (Å²) >= 11 is 6.31. The molecule has 11 nitrogen and oxygen atoms in total. The highest BCUT2D eigenvalue weighted by Gasteiger charge is 2.27. The Balaban J connectivity index is 1.59. The van der Waals surface area contributed by atoms with Crippen LogP contribution in [0.5, 0.6) is 0 Å². The molecule has 4 heterocycles. The average molecular weight is 564 g/mol. The van der Waals surface area contributed by atoms with E-state index < -0.39 is 29.0 Å². The number of ether oxygens (including phenoxy) is 1. The van der Waals surface area contributed by atoms with Crippen molar-refractivity contribution in [2.45, 2.75) is 45.4 Å². The number of aryl methyl sites for hydroxylation is 2. The molecule has 0 aliphatic heterocycles. The van der Waals surface area contributed by atoms with Crippen molar-refractivity contribution in [2.24, 2.45) is 14.1 Å². The molecule has 0 spiro atoms. The number of alkyl carbamates (subject to hydrolysis) is 1. The number of amides is 1. The Labute approximate surface area is 234 Å². The van der Waals surface area contributed by atoms with Gasteiger partial charge in [-0.05, 0) is 50.6 Å². The minimum absolute atomic E-state index is 0.0161. The molecule has 1 amide bonds. The molecule has 0 aliphatic rings. The molecule has 1 aromatic carbocycles. The van der Waals surface area contributed by atoms with Crippen molar-refractivity contribution in [1.29, 1.82) is 0 Å². The summed E-state index contributed by atoms with van der Waals surface area (Å²) in [5, 5.41) is 4.26. The highest BCUT2D eigenvalue weighted by atomic mass is 35.5. The second-order valence-corrected chi connectivity index (χ2v) is 11.1. The Morgan fingerprint density at radius 1 is 1.15 bits per heavy atom. The number of carbonyl (C=O) groups is 1. The van der Waals surface area contributed by atoms with Crippen LogP contribution in [0.1, 0.15) is 43.9 Å². The molecule has 208 valence electrons. The van der Waals surface area contributed by atoms with Crippen LogP contribution < -0.4 is 16.6 Å². The molecule has 5 aromatic rings. The van der Waals surface area contributed by atoms with Crippen LogP contribution in [-0.4, -0.2) is 40.3 Å². The molecule has 0 saturated carbocycles. The van der Waals surface area contributed by atoms with Gasteiger partial charge in [-0.1, -0.05) is 23.7 Å². The van der Waals surface area contributed by atoms with Gasteiger partial charge in [0, 0.05) is 54.5 Å². The van der Waals surface area contributed by atoms with Crippen molar-refractivity contribution in [2.75, 3.05) is 0 Å². The zero-order valence-electron chi connectivity index (χ0n) is 22.9. The monoisotopic (exact) mass is 563 g/mol. The van der Waals surface area contributed by atoms with E-state index in [1.165, 1.54) is 4.57 Å². The van der Waals surface area contributed by atoms with Crippen LogP contribution in [0.15, 0.2) is 58.4 Å². The number of fused-ring (bicyclic) bond motifs is 2.